The summed E-state index contributed by atoms with van der Waals surface area (Å²) < 4.78 is 10.4. The molecule has 0 spiro atoms. The molecule has 0 radical (unpaired) electrons. The van der Waals surface area contributed by atoms with Crippen molar-refractivity contribution in [1.29, 1.82) is 0 Å². The summed E-state index contributed by atoms with van der Waals surface area (Å²) in [5.74, 6) is 0.0305. The Hall–Kier alpha value is -2.34. The van der Waals surface area contributed by atoms with Crippen molar-refractivity contribution in [3.8, 4) is 5.75 Å². The number of thiophene rings is 1. The van der Waals surface area contributed by atoms with Crippen molar-refractivity contribution in [2.75, 3.05) is 20.3 Å². The van der Waals surface area contributed by atoms with E-state index >= 15 is 0 Å². The summed E-state index contributed by atoms with van der Waals surface area (Å²) in [4.78, 5) is 25.5. The number of methoxy groups -OCH3 is 1. The van der Waals surface area contributed by atoms with Crippen LogP contribution in [0.25, 0.3) is 0 Å². The van der Waals surface area contributed by atoms with Crippen molar-refractivity contribution in [3.05, 3.63) is 51.2 Å². The van der Waals surface area contributed by atoms with Crippen molar-refractivity contribution >= 4 is 23.2 Å². The van der Waals surface area contributed by atoms with Gasteiger partial charge in [-0.2, -0.15) is 0 Å². The topological polar surface area (TPSA) is 64.6 Å². The Kier molecular flexibility index (Phi) is 7.01. The number of ether oxygens (including phenoxy) is 2. The summed E-state index contributed by atoms with van der Waals surface area (Å²) in [5, 5.41) is 2.75. The number of aryl methyl sites for hydroxylation is 2. The fourth-order valence-corrected chi connectivity index (χ4v) is 3.48. The fourth-order valence-electron chi connectivity index (χ4n) is 2.47. The predicted molar refractivity (Wildman–Crippen MR) is 98.4 cm³/mol. The molecule has 0 bridgehead atoms. The first-order valence-electron chi connectivity index (χ1n) is 8.20. The van der Waals surface area contributed by atoms with E-state index in [0.717, 1.165) is 28.2 Å². The molecule has 2 aromatic rings. The molecule has 0 fully saturated rings. The maximum atomic E-state index is 12.0. The highest BCUT2D eigenvalue weighted by molar-refractivity contribution is 7.14. The van der Waals surface area contributed by atoms with Crippen LogP contribution in [0.15, 0.2) is 30.3 Å². The number of carbonyl (C=O) groups is 2. The number of rotatable bonds is 8. The molecule has 1 aromatic heterocycles. The van der Waals surface area contributed by atoms with E-state index in [1.165, 1.54) is 11.3 Å². The lowest BCUT2D eigenvalue weighted by molar-refractivity contribution is -0.124. The minimum Gasteiger partial charge on any atom is -0.496 e. The van der Waals surface area contributed by atoms with Crippen LogP contribution in [0.5, 0.6) is 5.75 Å². The molecule has 1 heterocycles. The predicted octanol–water partition coefficient (Wildman–Crippen LogP) is 3.14. The van der Waals surface area contributed by atoms with Gasteiger partial charge in [-0.1, -0.05) is 25.1 Å². The molecule has 6 heteroatoms. The van der Waals surface area contributed by atoms with Gasteiger partial charge in [0.1, 0.15) is 10.6 Å². The Morgan fingerprint density at radius 2 is 2.00 bits per heavy atom. The van der Waals surface area contributed by atoms with Gasteiger partial charge in [0.25, 0.3) is 5.91 Å². The molecule has 134 valence electrons. The zero-order valence-electron chi connectivity index (χ0n) is 14.8. The maximum Gasteiger partial charge on any atom is 0.348 e. The average Bonchev–Trinajstić information content (AvgIpc) is 3.01. The number of para-hydroxylation sites is 1. The van der Waals surface area contributed by atoms with Crippen molar-refractivity contribution in [2.45, 2.75) is 26.7 Å². The summed E-state index contributed by atoms with van der Waals surface area (Å²) in [6.07, 6.45) is 1.53. The molecular weight excluding hydrogens is 338 g/mol. The molecule has 0 aliphatic rings. The number of nitrogens with one attached hydrogen (secondary N) is 1. The van der Waals surface area contributed by atoms with E-state index < -0.39 is 5.97 Å². The SMILES string of the molecule is CCc1sc(C(=O)OCC(=O)NCCc2ccccc2OC)cc1C. The van der Waals surface area contributed by atoms with Gasteiger partial charge in [-0.05, 0) is 43.0 Å². The number of hydrogen-bond donors (Lipinski definition) is 1. The molecule has 25 heavy (non-hydrogen) atoms. The van der Waals surface area contributed by atoms with Crippen LogP contribution in [-0.2, 0) is 22.4 Å². The normalized spacial score (nSPS) is 10.4. The van der Waals surface area contributed by atoms with Crippen molar-refractivity contribution in [1.82, 2.24) is 5.32 Å². The first-order chi connectivity index (χ1) is 12.0. The summed E-state index contributed by atoms with van der Waals surface area (Å²) in [6.45, 7) is 4.19. The van der Waals surface area contributed by atoms with Crippen LogP contribution >= 0.6 is 11.3 Å². The number of hydrogen-bond acceptors (Lipinski definition) is 5. The minimum atomic E-state index is -0.451. The molecular formula is C19H23NO4S. The fraction of sp³-hybridized carbons (Fsp3) is 0.368. The molecule has 5 nitrogen and oxygen atoms in total. The lowest BCUT2D eigenvalue weighted by atomic mass is 10.1. The molecule has 0 aliphatic carbocycles. The Labute approximate surface area is 152 Å². The first kappa shape index (κ1) is 19.0. The second-order valence-electron chi connectivity index (χ2n) is 5.56. The molecule has 1 amide bonds. The standard InChI is InChI=1S/C19H23NO4S/c1-4-16-13(2)11-17(25-16)19(22)24-12-18(21)20-10-9-14-7-5-6-8-15(14)23-3/h5-8,11H,4,9-10,12H2,1-3H3,(H,20,21). The van der Waals surface area contributed by atoms with Crippen LogP contribution < -0.4 is 10.1 Å². The van der Waals surface area contributed by atoms with E-state index in [4.69, 9.17) is 9.47 Å². The van der Waals surface area contributed by atoms with Gasteiger partial charge in [0.2, 0.25) is 0 Å². The van der Waals surface area contributed by atoms with Crippen LogP contribution in [0.3, 0.4) is 0 Å². The van der Waals surface area contributed by atoms with E-state index in [1.54, 1.807) is 7.11 Å². The van der Waals surface area contributed by atoms with Crippen molar-refractivity contribution in [2.24, 2.45) is 0 Å². The lowest BCUT2D eigenvalue weighted by Gasteiger charge is -2.09. The molecule has 0 aliphatic heterocycles. The monoisotopic (exact) mass is 361 g/mol. The van der Waals surface area contributed by atoms with E-state index in [1.807, 2.05) is 44.2 Å². The highest BCUT2D eigenvalue weighted by Gasteiger charge is 2.14. The Bertz CT molecular complexity index is 739. The van der Waals surface area contributed by atoms with E-state index in [-0.39, 0.29) is 12.5 Å². The summed E-state index contributed by atoms with van der Waals surface area (Å²) in [7, 11) is 1.62. The molecule has 0 saturated heterocycles. The third kappa shape index (κ3) is 5.32. The third-order valence-electron chi connectivity index (χ3n) is 3.79. The number of amides is 1. The Morgan fingerprint density at radius 1 is 1.24 bits per heavy atom. The number of carbonyl (C=O) groups excluding carboxylic acids is 2. The first-order valence-corrected chi connectivity index (χ1v) is 9.01. The highest BCUT2D eigenvalue weighted by Crippen LogP contribution is 2.23. The maximum absolute atomic E-state index is 12.0. The molecule has 1 aromatic carbocycles. The van der Waals surface area contributed by atoms with Crippen LogP contribution in [0.4, 0.5) is 0 Å². The van der Waals surface area contributed by atoms with E-state index in [2.05, 4.69) is 5.32 Å². The van der Waals surface area contributed by atoms with Crippen LogP contribution in [0.1, 0.15) is 32.6 Å². The van der Waals surface area contributed by atoms with Crippen LogP contribution in [0.2, 0.25) is 0 Å². The molecule has 1 N–H and O–H groups in total. The zero-order chi connectivity index (χ0) is 18.2. The average molecular weight is 361 g/mol. The van der Waals surface area contributed by atoms with Gasteiger partial charge in [0, 0.05) is 11.4 Å². The van der Waals surface area contributed by atoms with Gasteiger partial charge in [-0.3, -0.25) is 4.79 Å². The van der Waals surface area contributed by atoms with Crippen LogP contribution in [0, 0.1) is 6.92 Å². The largest absolute Gasteiger partial charge is 0.496 e. The van der Waals surface area contributed by atoms with Gasteiger partial charge in [0.05, 0.1) is 7.11 Å². The molecule has 0 unspecified atom stereocenters. The summed E-state index contributed by atoms with van der Waals surface area (Å²) in [5.41, 5.74) is 2.10. The lowest BCUT2D eigenvalue weighted by Crippen LogP contribution is -2.30. The zero-order valence-corrected chi connectivity index (χ0v) is 15.6. The Balaban J connectivity index is 1.75. The second-order valence-corrected chi connectivity index (χ2v) is 6.70. The summed E-state index contributed by atoms with van der Waals surface area (Å²) >= 11 is 1.42. The van der Waals surface area contributed by atoms with Gasteiger partial charge < -0.3 is 14.8 Å². The minimum absolute atomic E-state index is 0.275. The van der Waals surface area contributed by atoms with Gasteiger partial charge in [0.15, 0.2) is 6.61 Å². The quantitative estimate of drug-likeness (QED) is 0.734. The van der Waals surface area contributed by atoms with Gasteiger partial charge in [-0.25, -0.2) is 4.79 Å². The number of benzene rings is 1. The smallest absolute Gasteiger partial charge is 0.348 e. The second kappa shape index (κ2) is 9.22. The van der Waals surface area contributed by atoms with E-state index in [0.29, 0.717) is 17.8 Å². The van der Waals surface area contributed by atoms with Crippen molar-refractivity contribution < 1.29 is 19.1 Å². The Morgan fingerprint density at radius 3 is 2.68 bits per heavy atom. The van der Waals surface area contributed by atoms with Gasteiger partial charge in [-0.15, -0.1) is 11.3 Å². The molecule has 0 atom stereocenters. The molecule has 2 rings (SSSR count). The number of esters is 1. The highest BCUT2D eigenvalue weighted by atomic mass is 32.1. The van der Waals surface area contributed by atoms with Gasteiger partial charge >= 0.3 is 5.97 Å². The van der Waals surface area contributed by atoms with Crippen LogP contribution in [-0.4, -0.2) is 32.1 Å². The van der Waals surface area contributed by atoms with Crippen molar-refractivity contribution in [3.63, 3.8) is 0 Å². The molecule has 0 saturated carbocycles. The third-order valence-corrected chi connectivity index (χ3v) is 5.15. The summed E-state index contributed by atoms with van der Waals surface area (Å²) in [6, 6.07) is 9.47. The van der Waals surface area contributed by atoms with E-state index in [9.17, 15) is 9.59 Å².